The first-order valence-corrected chi connectivity index (χ1v) is 6.10. The quantitative estimate of drug-likeness (QED) is 0.705. The summed E-state index contributed by atoms with van der Waals surface area (Å²) in [4.78, 5) is 0. The van der Waals surface area contributed by atoms with Crippen molar-refractivity contribution in [3.05, 3.63) is 34.5 Å². The Morgan fingerprint density at radius 3 is 2.86 bits per heavy atom. The maximum absolute atomic E-state index is 3.81. The van der Waals surface area contributed by atoms with Gasteiger partial charge in [-0.2, -0.15) is 11.3 Å². The van der Waals surface area contributed by atoms with Crippen molar-refractivity contribution in [1.29, 1.82) is 0 Å². The number of hydrogen-bond acceptors (Lipinski definition) is 2. The molecule has 1 heterocycles. The molecular weight excluding hydrogens is 190 g/mol. The number of rotatable bonds is 6. The molecule has 0 saturated heterocycles. The number of hydrogen-bond donors (Lipinski definition) is 1. The molecule has 0 aliphatic carbocycles. The van der Waals surface area contributed by atoms with Crippen LogP contribution in [0.5, 0.6) is 0 Å². The van der Waals surface area contributed by atoms with Gasteiger partial charge in [-0.3, -0.25) is 0 Å². The van der Waals surface area contributed by atoms with Gasteiger partial charge in [-0.15, -0.1) is 6.58 Å². The van der Waals surface area contributed by atoms with Crippen molar-refractivity contribution >= 4 is 11.3 Å². The number of nitrogens with one attached hydrogen (secondary N) is 1. The van der Waals surface area contributed by atoms with Gasteiger partial charge in [0.05, 0.1) is 0 Å². The largest absolute Gasteiger partial charge is 0.310 e. The van der Waals surface area contributed by atoms with Gasteiger partial charge in [0, 0.05) is 6.04 Å². The van der Waals surface area contributed by atoms with E-state index in [0.29, 0.717) is 6.04 Å². The van der Waals surface area contributed by atoms with E-state index in [9.17, 15) is 0 Å². The van der Waals surface area contributed by atoms with E-state index in [1.807, 2.05) is 6.08 Å². The van der Waals surface area contributed by atoms with Crippen molar-refractivity contribution in [2.75, 3.05) is 6.54 Å². The second kappa shape index (κ2) is 5.99. The van der Waals surface area contributed by atoms with Gasteiger partial charge in [-0.05, 0) is 48.2 Å². The van der Waals surface area contributed by atoms with Crippen LogP contribution in [0, 0.1) is 6.92 Å². The molecule has 0 radical (unpaired) electrons. The van der Waals surface area contributed by atoms with E-state index in [1.165, 1.54) is 17.5 Å². The van der Waals surface area contributed by atoms with Crippen LogP contribution in [0.1, 0.15) is 36.9 Å². The Balaban J connectivity index is 2.66. The van der Waals surface area contributed by atoms with Crippen molar-refractivity contribution in [2.24, 2.45) is 0 Å². The molecule has 0 saturated carbocycles. The van der Waals surface area contributed by atoms with Gasteiger partial charge in [-0.1, -0.05) is 13.0 Å². The minimum atomic E-state index is 0.457. The third kappa shape index (κ3) is 2.96. The molecule has 1 aromatic heterocycles. The highest BCUT2D eigenvalue weighted by atomic mass is 32.1. The lowest BCUT2D eigenvalue weighted by Gasteiger charge is -2.16. The highest BCUT2D eigenvalue weighted by Crippen LogP contribution is 2.24. The smallest absolute Gasteiger partial charge is 0.0365 e. The first-order chi connectivity index (χ1) is 6.79. The van der Waals surface area contributed by atoms with Crippen molar-refractivity contribution in [1.82, 2.24) is 5.32 Å². The van der Waals surface area contributed by atoms with Crippen LogP contribution < -0.4 is 5.32 Å². The Bertz CT molecular complexity index is 278. The summed E-state index contributed by atoms with van der Waals surface area (Å²) in [5.41, 5.74) is 2.83. The zero-order chi connectivity index (χ0) is 10.4. The summed E-state index contributed by atoms with van der Waals surface area (Å²) in [7, 11) is 0. The Morgan fingerprint density at radius 1 is 1.57 bits per heavy atom. The Hall–Kier alpha value is -0.600. The fraction of sp³-hybridized carbons (Fsp3) is 0.500. The van der Waals surface area contributed by atoms with Gasteiger partial charge in [0.25, 0.3) is 0 Å². The molecule has 0 fully saturated rings. The van der Waals surface area contributed by atoms with Crippen molar-refractivity contribution in [2.45, 2.75) is 32.7 Å². The second-order valence-corrected chi connectivity index (χ2v) is 4.28. The van der Waals surface area contributed by atoms with Crippen LogP contribution in [-0.4, -0.2) is 6.54 Å². The number of aryl methyl sites for hydroxylation is 1. The first kappa shape index (κ1) is 11.5. The fourth-order valence-electron chi connectivity index (χ4n) is 1.53. The van der Waals surface area contributed by atoms with E-state index in [2.05, 4.69) is 36.5 Å². The molecule has 1 unspecified atom stereocenters. The molecule has 1 nitrogen and oxygen atoms in total. The predicted octanol–water partition coefficient (Wildman–Crippen LogP) is 3.67. The fourth-order valence-corrected chi connectivity index (χ4v) is 2.44. The lowest BCUT2D eigenvalue weighted by atomic mass is 10.0. The third-order valence-corrected chi connectivity index (χ3v) is 3.19. The van der Waals surface area contributed by atoms with Gasteiger partial charge in [0.1, 0.15) is 0 Å². The van der Waals surface area contributed by atoms with Crippen LogP contribution in [0.3, 0.4) is 0 Å². The maximum atomic E-state index is 3.81. The predicted molar refractivity (Wildman–Crippen MR) is 64.9 cm³/mol. The van der Waals surface area contributed by atoms with E-state index in [4.69, 9.17) is 0 Å². The second-order valence-electron chi connectivity index (χ2n) is 3.54. The zero-order valence-electron chi connectivity index (χ0n) is 9.05. The molecule has 78 valence electrons. The maximum Gasteiger partial charge on any atom is 0.0365 e. The van der Waals surface area contributed by atoms with Gasteiger partial charge < -0.3 is 5.32 Å². The molecule has 1 atom stereocenters. The minimum Gasteiger partial charge on any atom is -0.310 e. The van der Waals surface area contributed by atoms with Crippen molar-refractivity contribution in [3.63, 3.8) is 0 Å². The molecule has 1 N–H and O–H groups in total. The lowest BCUT2D eigenvalue weighted by Crippen LogP contribution is -2.21. The normalized spacial score (nSPS) is 12.7. The summed E-state index contributed by atoms with van der Waals surface area (Å²) in [6, 6.07) is 0.457. The van der Waals surface area contributed by atoms with Crippen LogP contribution in [0.25, 0.3) is 0 Å². The zero-order valence-corrected chi connectivity index (χ0v) is 9.86. The standard InChI is InChI=1S/C12H19NS/c1-4-6-12(13-7-5-2)11-9-14-8-10(11)3/h4,8-9,12-13H,1,5-7H2,2-3H3. The van der Waals surface area contributed by atoms with Crippen molar-refractivity contribution in [3.8, 4) is 0 Å². The summed E-state index contributed by atoms with van der Waals surface area (Å²) in [6.45, 7) is 9.26. The van der Waals surface area contributed by atoms with E-state index in [-0.39, 0.29) is 0 Å². The molecular formula is C12H19NS. The molecule has 0 aliphatic heterocycles. The molecule has 0 aromatic carbocycles. The minimum absolute atomic E-state index is 0.457. The van der Waals surface area contributed by atoms with Crippen LogP contribution in [-0.2, 0) is 0 Å². The van der Waals surface area contributed by atoms with E-state index in [1.54, 1.807) is 11.3 Å². The van der Waals surface area contributed by atoms with Crippen LogP contribution in [0.2, 0.25) is 0 Å². The molecule has 1 aromatic rings. The number of thiophene rings is 1. The molecule has 1 rings (SSSR count). The summed E-state index contributed by atoms with van der Waals surface area (Å²) in [6.07, 6.45) is 4.18. The SMILES string of the molecule is C=CCC(NCCC)c1cscc1C. The summed E-state index contributed by atoms with van der Waals surface area (Å²) in [5.74, 6) is 0. The van der Waals surface area contributed by atoms with Gasteiger partial charge in [-0.25, -0.2) is 0 Å². The van der Waals surface area contributed by atoms with E-state index >= 15 is 0 Å². The first-order valence-electron chi connectivity index (χ1n) is 5.16. The monoisotopic (exact) mass is 209 g/mol. The average molecular weight is 209 g/mol. The lowest BCUT2D eigenvalue weighted by molar-refractivity contribution is 0.536. The van der Waals surface area contributed by atoms with E-state index < -0.39 is 0 Å². The molecule has 0 spiro atoms. The third-order valence-electron chi connectivity index (χ3n) is 2.31. The van der Waals surface area contributed by atoms with Gasteiger partial charge in [0.2, 0.25) is 0 Å². The van der Waals surface area contributed by atoms with Gasteiger partial charge >= 0.3 is 0 Å². The molecule has 0 aliphatic rings. The molecule has 0 amide bonds. The Morgan fingerprint density at radius 2 is 2.36 bits per heavy atom. The van der Waals surface area contributed by atoms with Crippen LogP contribution >= 0.6 is 11.3 Å². The summed E-state index contributed by atoms with van der Waals surface area (Å²) in [5, 5.41) is 8.00. The van der Waals surface area contributed by atoms with Gasteiger partial charge in [0.15, 0.2) is 0 Å². The Labute approximate surface area is 90.9 Å². The van der Waals surface area contributed by atoms with Crippen LogP contribution in [0.4, 0.5) is 0 Å². The Kier molecular flexibility index (Phi) is 4.91. The highest BCUT2D eigenvalue weighted by molar-refractivity contribution is 7.08. The molecule has 0 bridgehead atoms. The van der Waals surface area contributed by atoms with Crippen LogP contribution in [0.15, 0.2) is 23.4 Å². The molecule has 14 heavy (non-hydrogen) atoms. The summed E-state index contributed by atoms with van der Waals surface area (Å²) >= 11 is 1.78. The average Bonchev–Trinajstić information content (AvgIpc) is 2.59. The molecule has 2 heteroatoms. The topological polar surface area (TPSA) is 12.0 Å². The van der Waals surface area contributed by atoms with E-state index in [0.717, 1.165) is 13.0 Å². The highest BCUT2D eigenvalue weighted by Gasteiger charge is 2.11. The summed E-state index contributed by atoms with van der Waals surface area (Å²) < 4.78 is 0. The van der Waals surface area contributed by atoms with Crippen molar-refractivity contribution < 1.29 is 0 Å².